The summed E-state index contributed by atoms with van der Waals surface area (Å²) in [6.07, 6.45) is 5.21. The number of hydrogen-bond acceptors (Lipinski definition) is 0. The maximum Gasteiger partial charge on any atom is -0.147 e. The first-order chi connectivity index (χ1) is 23.3. The normalized spacial score (nSPS) is 17.8. The zero-order valence-electron chi connectivity index (χ0n) is 29.2. The van der Waals surface area contributed by atoms with Crippen molar-refractivity contribution in [3.63, 3.8) is 0 Å². The quantitative estimate of drug-likeness (QED) is 0.147. The van der Waals surface area contributed by atoms with Gasteiger partial charge >= 0.3 is 293 Å². The van der Waals surface area contributed by atoms with E-state index < -0.39 is 15.7 Å². The van der Waals surface area contributed by atoms with Crippen LogP contribution in [-0.2, 0) is 15.7 Å². The first kappa shape index (κ1) is 36.6. The molecule has 8 rings (SSSR count). The van der Waals surface area contributed by atoms with Gasteiger partial charge in [-0.1, -0.05) is 0 Å². The van der Waals surface area contributed by atoms with Crippen LogP contribution in [0.25, 0.3) is 32.7 Å². The van der Waals surface area contributed by atoms with Gasteiger partial charge < -0.3 is 0 Å². The maximum atomic E-state index is 2.61. The third kappa shape index (κ3) is 5.35. The standard InChI is InChI=1S/2C17H15.2C6H5.2ClH.GeH2.Zr/c2*1-12-10-13(2)17(11-12)16-9-5-7-14-6-3-4-8-15(14)16;2*1-2-4-6-5-3-1;;;;/h2*3-9,11-12H,1-2H3;2*1-5H;2*1H;1H2;. The minimum Gasteiger partial charge on any atom is -0.147 e. The molecule has 0 amide bonds. The van der Waals surface area contributed by atoms with Crippen molar-refractivity contribution < 1.29 is 15.7 Å². The van der Waals surface area contributed by atoms with Crippen LogP contribution >= 0.6 is 24.8 Å². The predicted octanol–water partition coefficient (Wildman–Crippen LogP) is 11.0. The molecule has 0 radical (unpaired) electrons. The molecule has 0 N–H and O–H groups in total. The fourth-order valence-electron chi connectivity index (χ4n) is 9.77. The number of halogens is 2. The van der Waals surface area contributed by atoms with Gasteiger partial charge in [-0.25, -0.2) is 0 Å². The van der Waals surface area contributed by atoms with Crippen molar-refractivity contribution in [1.29, 1.82) is 0 Å². The van der Waals surface area contributed by atoms with E-state index in [2.05, 4.69) is 185 Å². The van der Waals surface area contributed by atoms with E-state index in [0.29, 0.717) is 11.8 Å². The number of benzene rings is 6. The molecule has 0 saturated carbocycles. The van der Waals surface area contributed by atoms with Crippen LogP contribution in [0, 0.1) is 11.8 Å². The summed E-state index contributed by atoms with van der Waals surface area (Å²) in [5.41, 5.74) is 8.54. The van der Waals surface area contributed by atoms with E-state index in [4.69, 9.17) is 0 Å². The summed E-state index contributed by atoms with van der Waals surface area (Å²) in [6, 6.07) is 55.0. The molecular weight excluding hydrogens is 787 g/mol. The van der Waals surface area contributed by atoms with Gasteiger partial charge in [0.2, 0.25) is 0 Å². The monoisotopic (exact) mass is 830 g/mol. The van der Waals surface area contributed by atoms with Gasteiger partial charge in [-0.3, -0.25) is 0 Å². The Bertz CT molecular complexity index is 2270. The Balaban J connectivity index is 0.00000216. The molecule has 2 atom stereocenters. The zero-order chi connectivity index (χ0) is 33.1. The van der Waals surface area contributed by atoms with Crippen LogP contribution in [0.4, 0.5) is 0 Å². The summed E-state index contributed by atoms with van der Waals surface area (Å²) in [4.78, 5) is 0. The molecule has 0 nitrogen and oxygen atoms in total. The van der Waals surface area contributed by atoms with Gasteiger partial charge in [-0.05, 0) is 0 Å². The summed E-state index contributed by atoms with van der Waals surface area (Å²) in [5, 5.41) is 5.28. The summed E-state index contributed by atoms with van der Waals surface area (Å²) < 4.78 is 6.61. The molecule has 2 aliphatic carbocycles. The smallest absolute Gasteiger partial charge is 0.147 e. The van der Waals surface area contributed by atoms with Crippen molar-refractivity contribution in [2.24, 2.45) is 11.8 Å². The molecule has 0 saturated heterocycles. The van der Waals surface area contributed by atoms with Crippen LogP contribution in [0.5, 0.6) is 0 Å². The second-order valence-corrected chi connectivity index (χ2v) is 44.3. The molecule has 50 heavy (non-hydrogen) atoms. The van der Waals surface area contributed by atoms with Crippen molar-refractivity contribution in [3.05, 3.63) is 187 Å². The summed E-state index contributed by atoms with van der Waals surface area (Å²) in [6.45, 7) is 9.88. The van der Waals surface area contributed by atoms with E-state index in [9.17, 15) is 0 Å². The average Bonchev–Trinajstić information content (AvgIpc) is 3.61. The van der Waals surface area contributed by atoms with Crippen molar-refractivity contribution in [1.82, 2.24) is 0 Å². The van der Waals surface area contributed by atoms with Gasteiger partial charge in [0, 0.05) is 0 Å². The Morgan fingerprint density at radius 3 is 1.18 bits per heavy atom. The third-order valence-electron chi connectivity index (χ3n) is 11.5. The van der Waals surface area contributed by atoms with Gasteiger partial charge in [0.15, 0.2) is 0 Å². The molecule has 2 aliphatic rings. The molecule has 6 aromatic carbocycles. The van der Waals surface area contributed by atoms with Crippen molar-refractivity contribution in [3.8, 4) is 0 Å². The van der Waals surface area contributed by atoms with E-state index >= 15 is 0 Å². The zero-order valence-corrected chi connectivity index (χ0v) is 36.2. The molecule has 6 aromatic rings. The van der Waals surface area contributed by atoms with Gasteiger partial charge in [-0.15, -0.1) is 24.8 Å². The molecule has 0 aromatic heterocycles. The molecular formula is C46H44Cl2GeZr. The largest absolute Gasteiger partial charge is 0.147 e. The van der Waals surface area contributed by atoms with E-state index in [0.717, 1.165) is 0 Å². The van der Waals surface area contributed by atoms with Crippen molar-refractivity contribution in [2.45, 2.75) is 27.7 Å². The second-order valence-electron chi connectivity index (χ2n) is 14.1. The van der Waals surface area contributed by atoms with E-state index in [1.54, 1.807) is 13.1 Å². The first-order valence-electron chi connectivity index (χ1n) is 17.3. The fraction of sp³-hybridized carbons (Fsp3) is 0.130. The van der Waals surface area contributed by atoms with Crippen LogP contribution in [0.2, 0.25) is 0 Å². The molecule has 0 heterocycles. The molecule has 4 heteroatoms. The van der Waals surface area contributed by atoms with Crippen LogP contribution < -0.4 is 6.54 Å². The number of rotatable bonds is 6. The van der Waals surface area contributed by atoms with Gasteiger partial charge in [-0.2, -0.15) is 0 Å². The van der Waals surface area contributed by atoms with Crippen LogP contribution in [0.15, 0.2) is 175 Å². The summed E-state index contributed by atoms with van der Waals surface area (Å²) >= 11 is -3.34. The van der Waals surface area contributed by atoms with Gasteiger partial charge in [0.25, 0.3) is 0 Å². The minimum absolute atomic E-state index is 0. The molecule has 0 bridgehead atoms. The Labute approximate surface area is 315 Å². The number of allylic oxidation sites excluding steroid dienone is 8. The van der Waals surface area contributed by atoms with E-state index in [-0.39, 0.29) is 24.8 Å². The summed E-state index contributed by atoms with van der Waals surface area (Å²) in [7, 11) is 0. The Hall–Kier alpha value is -3.19. The van der Waals surface area contributed by atoms with Crippen LogP contribution in [0.1, 0.15) is 38.8 Å². The Morgan fingerprint density at radius 1 is 0.440 bits per heavy atom. The average molecular weight is 832 g/mol. The van der Waals surface area contributed by atoms with Crippen LogP contribution in [0.3, 0.4) is 0 Å². The second kappa shape index (κ2) is 14.1. The molecule has 2 unspecified atom stereocenters. The molecule has 0 fully saturated rings. The first-order valence-corrected chi connectivity index (χ1v) is 32.7. The fourth-order valence-corrected chi connectivity index (χ4v) is 49.4. The third-order valence-corrected chi connectivity index (χ3v) is 49.0. The Kier molecular flexibility index (Phi) is 10.3. The van der Waals surface area contributed by atoms with Crippen molar-refractivity contribution in [2.75, 3.05) is 0 Å². The number of fused-ring (bicyclic) bond motifs is 2. The summed E-state index contributed by atoms with van der Waals surface area (Å²) in [5.74, 6) is 0.653. The molecule has 250 valence electrons. The van der Waals surface area contributed by atoms with Crippen LogP contribution in [-0.4, -0.2) is 12.1 Å². The minimum atomic E-state index is -4.58. The van der Waals surface area contributed by atoms with Crippen molar-refractivity contribution >= 4 is 76.2 Å². The van der Waals surface area contributed by atoms with E-state index in [1.807, 2.05) is 0 Å². The van der Waals surface area contributed by atoms with Gasteiger partial charge in [0.05, 0.1) is 0 Å². The SMILES string of the molecule is CC1=[C]([Zr](=[GeH2])([C]2=C(C)C(c3cccc4ccccc34)=CC2C)([c]2ccccc2)[c]2ccccc2)C(C)C=C1c1cccc2ccccc12.Cl.Cl. The van der Waals surface area contributed by atoms with E-state index in [1.165, 1.54) is 67.1 Å². The number of hydrogen-bond donors (Lipinski definition) is 0. The molecule has 0 aliphatic heterocycles. The Morgan fingerprint density at radius 2 is 0.780 bits per heavy atom. The predicted molar refractivity (Wildman–Crippen MR) is 223 cm³/mol. The molecule has 0 spiro atoms. The maximum absolute atomic E-state index is 4.58. The topological polar surface area (TPSA) is 0 Å². The van der Waals surface area contributed by atoms with Gasteiger partial charge in [0.1, 0.15) is 0 Å².